The zero-order chi connectivity index (χ0) is 11.7. The molecule has 0 saturated carbocycles. The first-order chi connectivity index (χ1) is 7.61. The highest BCUT2D eigenvalue weighted by atomic mass is 79.9. The number of hydrogen-bond donors (Lipinski definition) is 0. The Morgan fingerprint density at radius 2 is 2.12 bits per heavy atom. The van der Waals surface area contributed by atoms with Crippen molar-refractivity contribution >= 4 is 32.8 Å². The Balaban J connectivity index is 2.68. The van der Waals surface area contributed by atoms with Crippen molar-refractivity contribution in [3.8, 4) is 0 Å². The minimum atomic E-state index is -0.355. The number of carbonyl (C=O) groups is 1. The summed E-state index contributed by atoms with van der Waals surface area (Å²) in [4.78, 5) is 15.9. The summed E-state index contributed by atoms with van der Waals surface area (Å²) < 4.78 is 5.67. The molecular weight excluding hydrogens is 270 g/mol. The summed E-state index contributed by atoms with van der Waals surface area (Å²) in [5.41, 5.74) is 2.06. The van der Waals surface area contributed by atoms with Crippen molar-refractivity contribution in [2.24, 2.45) is 0 Å². The third-order valence-electron chi connectivity index (χ3n) is 2.37. The minimum Gasteiger partial charge on any atom is -0.465 e. The monoisotopic (exact) mass is 279 g/mol. The van der Waals surface area contributed by atoms with Crippen molar-refractivity contribution in [3.63, 3.8) is 0 Å². The number of nitrogens with zero attached hydrogens (tertiary/aromatic N) is 1. The van der Waals surface area contributed by atoms with E-state index in [-0.39, 0.29) is 5.97 Å². The van der Waals surface area contributed by atoms with Gasteiger partial charge in [-0.15, -0.1) is 0 Å². The molecule has 82 valence electrons. The van der Waals surface area contributed by atoms with Crippen molar-refractivity contribution < 1.29 is 9.53 Å². The van der Waals surface area contributed by atoms with Crippen LogP contribution in [0.3, 0.4) is 0 Å². The van der Waals surface area contributed by atoms with Gasteiger partial charge in [0.2, 0.25) is 0 Å². The Hall–Kier alpha value is -1.42. The number of hydrogen-bond acceptors (Lipinski definition) is 3. The first-order valence-corrected chi connectivity index (χ1v) is 5.56. The van der Waals surface area contributed by atoms with Crippen LogP contribution in [0, 0.1) is 6.92 Å². The summed E-state index contributed by atoms with van der Waals surface area (Å²) in [7, 11) is 1.37. The van der Waals surface area contributed by atoms with Crippen LogP contribution in [0.15, 0.2) is 28.7 Å². The summed E-state index contributed by atoms with van der Waals surface area (Å²) in [5, 5.41) is 0.917. The van der Waals surface area contributed by atoms with Gasteiger partial charge >= 0.3 is 5.97 Å². The van der Waals surface area contributed by atoms with Crippen molar-refractivity contribution in [1.82, 2.24) is 4.98 Å². The Bertz CT molecular complexity index is 566. The van der Waals surface area contributed by atoms with Gasteiger partial charge in [-0.1, -0.05) is 15.9 Å². The molecule has 2 rings (SSSR count). The normalized spacial score (nSPS) is 10.4. The Kier molecular flexibility index (Phi) is 2.92. The van der Waals surface area contributed by atoms with Gasteiger partial charge in [-0.3, -0.25) is 4.98 Å². The molecule has 0 aliphatic rings. The second-order valence-corrected chi connectivity index (χ2v) is 4.37. The number of carbonyl (C=O) groups excluding carboxylic acids is 1. The number of pyridine rings is 1. The van der Waals surface area contributed by atoms with Gasteiger partial charge in [0.15, 0.2) is 0 Å². The Labute approximate surface area is 102 Å². The number of rotatable bonds is 1. The number of halogens is 1. The van der Waals surface area contributed by atoms with Crippen LogP contribution in [-0.2, 0) is 4.74 Å². The molecule has 0 bridgehead atoms. The molecular formula is C12H10BrNO2. The quantitative estimate of drug-likeness (QED) is 0.753. The molecule has 0 fully saturated rings. The fraction of sp³-hybridized carbons (Fsp3) is 0.167. The first-order valence-electron chi connectivity index (χ1n) is 4.77. The van der Waals surface area contributed by atoms with Gasteiger partial charge in [0.25, 0.3) is 0 Å². The van der Waals surface area contributed by atoms with Gasteiger partial charge in [0.05, 0.1) is 23.9 Å². The van der Waals surface area contributed by atoms with Crippen LogP contribution in [0.25, 0.3) is 10.9 Å². The molecule has 0 unspecified atom stereocenters. The molecule has 0 N–H and O–H groups in total. The van der Waals surface area contributed by atoms with Crippen LogP contribution >= 0.6 is 15.9 Å². The predicted octanol–water partition coefficient (Wildman–Crippen LogP) is 3.09. The number of esters is 1. The highest BCUT2D eigenvalue weighted by molar-refractivity contribution is 9.10. The van der Waals surface area contributed by atoms with E-state index < -0.39 is 0 Å². The van der Waals surface area contributed by atoms with Crippen LogP contribution in [0.2, 0.25) is 0 Å². The van der Waals surface area contributed by atoms with E-state index in [1.165, 1.54) is 7.11 Å². The maximum absolute atomic E-state index is 11.5. The molecule has 0 radical (unpaired) electrons. The fourth-order valence-corrected chi connectivity index (χ4v) is 1.94. The number of aromatic nitrogens is 1. The second kappa shape index (κ2) is 4.22. The van der Waals surface area contributed by atoms with Crippen molar-refractivity contribution in [1.29, 1.82) is 0 Å². The maximum atomic E-state index is 11.5. The maximum Gasteiger partial charge on any atom is 0.339 e. The van der Waals surface area contributed by atoms with Gasteiger partial charge in [-0.2, -0.15) is 0 Å². The lowest BCUT2D eigenvalue weighted by Crippen LogP contribution is -2.05. The molecule has 0 aliphatic carbocycles. The topological polar surface area (TPSA) is 39.2 Å². The van der Waals surface area contributed by atoms with E-state index >= 15 is 0 Å². The smallest absolute Gasteiger partial charge is 0.339 e. The average molecular weight is 280 g/mol. The lowest BCUT2D eigenvalue weighted by Gasteiger charge is -2.05. The van der Waals surface area contributed by atoms with E-state index in [0.717, 1.165) is 15.4 Å². The number of ether oxygens (including phenoxy) is 1. The molecule has 0 aliphatic heterocycles. The molecule has 0 amide bonds. The van der Waals surface area contributed by atoms with E-state index in [4.69, 9.17) is 4.74 Å². The number of aryl methyl sites for hydroxylation is 1. The molecule has 3 nitrogen and oxygen atoms in total. The third-order valence-corrected chi connectivity index (χ3v) is 2.87. The molecule has 1 aromatic carbocycles. The standard InChI is InChI=1S/C12H10BrNO2/c1-7-10(12(15)16-2)6-8-5-9(13)3-4-11(8)14-7/h3-6H,1-2H3. The molecule has 0 saturated heterocycles. The SMILES string of the molecule is COC(=O)c1cc2cc(Br)ccc2nc1C. The lowest BCUT2D eigenvalue weighted by atomic mass is 10.1. The largest absolute Gasteiger partial charge is 0.465 e. The summed E-state index contributed by atoms with van der Waals surface area (Å²) in [6, 6.07) is 7.56. The van der Waals surface area contributed by atoms with Crippen LogP contribution in [-0.4, -0.2) is 18.1 Å². The van der Waals surface area contributed by atoms with E-state index in [9.17, 15) is 4.79 Å². The molecule has 2 aromatic rings. The second-order valence-electron chi connectivity index (χ2n) is 3.45. The summed E-state index contributed by atoms with van der Waals surface area (Å²) >= 11 is 3.39. The Morgan fingerprint density at radius 3 is 2.81 bits per heavy atom. The molecule has 1 aromatic heterocycles. The van der Waals surface area contributed by atoms with Gasteiger partial charge in [-0.05, 0) is 31.2 Å². The molecule has 0 atom stereocenters. The number of fused-ring (bicyclic) bond motifs is 1. The summed E-state index contributed by atoms with van der Waals surface area (Å²) in [5.74, 6) is -0.355. The zero-order valence-electron chi connectivity index (χ0n) is 8.95. The van der Waals surface area contributed by atoms with E-state index in [1.54, 1.807) is 13.0 Å². The first kappa shape index (κ1) is 11.1. The van der Waals surface area contributed by atoms with Crippen LogP contribution < -0.4 is 0 Å². The fourth-order valence-electron chi connectivity index (χ4n) is 1.56. The number of benzene rings is 1. The van der Waals surface area contributed by atoms with Gasteiger partial charge in [0, 0.05) is 9.86 Å². The molecule has 16 heavy (non-hydrogen) atoms. The van der Waals surface area contributed by atoms with Crippen LogP contribution in [0.5, 0.6) is 0 Å². The van der Waals surface area contributed by atoms with E-state index in [0.29, 0.717) is 11.3 Å². The van der Waals surface area contributed by atoms with Gasteiger partial charge in [-0.25, -0.2) is 4.79 Å². The summed E-state index contributed by atoms with van der Waals surface area (Å²) in [6.07, 6.45) is 0. The lowest BCUT2D eigenvalue weighted by molar-refractivity contribution is 0.0599. The zero-order valence-corrected chi connectivity index (χ0v) is 10.5. The minimum absolute atomic E-state index is 0.355. The Morgan fingerprint density at radius 1 is 1.38 bits per heavy atom. The van der Waals surface area contributed by atoms with Crippen molar-refractivity contribution in [2.75, 3.05) is 7.11 Å². The third kappa shape index (κ3) is 1.93. The van der Waals surface area contributed by atoms with Gasteiger partial charge in [0.1, 0.15) is 0 Å². The van der Waals surface area contributed by atoms with Crippen molar-refractivity contribution in [3.05, 3.63) is 40.0 Å². The summed E-state index contributed by atoms with van der Waals surface area (Å²) in [6.45, 7) is 1.80. The highest BCUT2D eigenvalue weighted by Gasteiger charge is 2.11. The van der Waals surface area contributed by atoms with Crippen LogP contribution in [0.1, 0.15) is 16.1 Å². The van der Waals surface area contributed by atoms with E-state index in [2.05, 4.69) is 20.9 Å². The molecule has 1 heterocycles. The predicted molar refractivity (Wildman–Crippen MR) is 65.5 cm³/mol. The highest BCUT2D eigenvalue weighted by Crippen LogP contribution is 2.21. The van der Waals surface area contributed by atoms with Gasteiger partial charge < -0.3 is 4.74 Å². The number of methoxy groups -OCH3 is 1. The molecule has 4 heteroatoms. The average Bonchev–Trinajstić information content (AvgIpc) is 2.28. The van der Waals surface area contributed by atoms with E-state index in [1.807, 2.05) is 18.2 Å². The van der Waals surface area contributed by atoms with Crippen molar-refractivity contribution in [2.45, 2.75) is 6.92 Å². The van der Waals surface area contributed by atoms with Crippen LogP contribution in [0.4, 0.5) is 0 Å². The molecule has 0 spiro atoms.